The van der Waals surface area contributed by atoms with Gasteiger partial charge >= 0.3 is 6.03 Å². The van der Waals surface area contributed by atoms with Crippen LogP contribution in [0.4, 0.5) is 10.5 Å². The van der Waals surface area contributed by atoms with Gasteiger partial charge in [-0.25, -0.2) is 4.79 Å². The third-order valence-electron chi connectivity index (χ3n) is 20.4. The van der Waals surface area contributed by atoms with Gasteiger partial charge in [-0.15, -0.1) is 0 Å². The Morgan fingerprint density at radius 2 is 0.754 bits per heavy atom. The zero-order valence-corrected chi connectivity index (χ0v) is 71.2. The number of hydrogen-bond donors (Lipinski definition) is 31. The molecule has 0 spiro atoms. The number of unbranched alkanes of at least 4 members (excludes halogenated alkanes) is 3. The number of carbonyl (C=O) groups excluding carboxylic acids is 11. The minimum Gasteiger partial charge on any atom is -0.394 e. The summed E-state index contributed by atoms with van der Waals surface area (Å²) in [7, 11) is 1.23. The highest BCUT2D eigenvalue weighted by Gasteiger charge is 2.39. The van der Waals surface area contributed by atoms with E-state index in [1.807, 2.05) is 0 Å². The number of carbonyl (C=O) groups is 11. The van der Waals surface area contributed by atoms with Gasteiger partial charge in [-0.2, -0.15) is 0 Å². The smallest absolute Gasteiger partial charge is 0.312 e. The molecule has 48 nitrogen and oxygen atoms in total. The molecule has 21 atom stereocenters. The average Bonchev–Trinajstić information content (AvgIpc) is 1.62. The van der Waals surface area contributed by atoms with Crippen molar-refractivity contribution >= 4 is 70.8 Å². The monoisotopic (exact) mass is 1820 g/mol. The summed E-state index contributed by atoms with van der Waals surface area (Å²) in [6, 6.07) is -1.65. The number of aliphatic hydroxyl groups excluding tert-OH is 21. The minimum atomic E-state index is -2.15. The molecule has 0 bridgehead atoms. The topological polar surface area (TPSA) is 784 Å². The van der Waals surface area contributed by atoms with E-state index in [9.17, 15) is 160 Å². The fraction of sp³-hybridized carbons (Fsp3) is 0.756. The van der Waals surface area contributed by atoms with E-state index < -0.39 is 271 Å². The zero-order valence-electron chi connectivity index (χ0n) is 71.2. The fourth-order valence-electron chi connectivity index (χ4n) is 12.7. The second kappa shape index (κ2) is 63.1. The maximum Gasteiger partial charge on any atom is 0.312 e. The molecule has 1 aromatic carbocycles. The Labute approximate surface area is 728 Å². The third-order valence-corrected chi connectivity index (χ3v) is 20.4. The van der Waals surface area contributed by atoms with Crippen LogP contribution in [0.3, 0.4) is 0 Å². The molecule has 0 saturated carbocycles. The Kier molecular flexibility index (Phi) is 57.2. The second-order valence-electron chi connectivity index (χ2n) is 30.8. The van der Waals surface area contributed by atoms with Gasteiger partial charge in [0.25, 0.3) is 11.8 Å². The van der Waals surface area contributed by atoms with Crippen molar-refractivity contribution < 1.29 is 174 Å². The van der Waals surface area contributed by atoms with Gasteiger partial charge in [0.1, 0.15) is 103 Å². The first-order valence-electron chi connectivity index (χ1n) is 41.8. The summed E-state index contributed by atoms with van der Waals surface area (Å²) in [6.45, 7) is -4.43. The molecule has 1 heterocycles. The molecule has 126 heavy (non-hydrogen) atoms. The van der Waals surface area contributed by atoms with Crippen molar-refractivity contribution in [3.8, 4) is 0 Å². The maximum atomic E-state index is 14.9. The molecular formula is C78H137N13O35. The SMILES string of the molecule is CNC(=O)[C@H](CCCCN(C[C@H](O)[C@@H](O)[C@H](O)[C@H](O)CO)C[C@H](O)[C@@H](O)[C@H](O)[C@H](O)CO)NC(=O)[C@H](CCCCNC(=O)CCC(=O)N[C@H](C(=O)N[C@@H](CCCNC(N)=O)C(=O)Nc1ccc(CO)cc1)C(C)C)NC(=O)[C@H](CCCCN(C[C@H](O)[C@@H](O)[C@H](O)[C@H](O)CO)C[C@H](O)[C@@H](O)[C@H](O)[C@H](O)CO)NC(=O)CCOCCOCCOCCN1C(=O)C=CC1=O. The molecule has 0 aromatic heterocycles. The molecule has 12 amide bonds. The van der Waals surface area contributed by atoms with Crippen LogP contribution in [0.25, 0.3) is 0 Å². The summed E-state index contributed by atoms with van der Waals surface area (Å²) in [5, 5.41) is 239. The van der Waals surface area contributed by atoms with Gasteiger partial charge in [-0.1, -0.05) is 26.0 Å². The third kappa shape index (κ3) is 43.9. The van der Waals surface area contributed by atoms with Crippen LogP contribution in [0.15, 0.2) is 36.4 Å². The first kappa shape index (κ1) is 114. The van der Waals surface area contributed by atoms with Crippen molar-refractivity contribution in [3.05, 3.63) is 42.0 Å². The van der Waals surface area contributed by atoms with Crippen molar-refractivity contribution in [1.29, 1.82) is 0 Å². The summed E-state index contributed by atoms with van der Waals surface area (Å²) in [5.74, 6) is -7.92. The van der Waals surface area contributed by atoms with E-state index in [0.29, 0.717) is 11.3 Å². The Morgan fingerprint density at radius 1 is 0.397 bits per heavy atom. The Bertz CT molecular complexity index is 3310. The van der Waals surface area contributed by atoms with E-state index in [0.717, 1.165) is 17.1 Å². The summed E-state index contributed by atoms with van der Waals surface area (Å²) in [4.78, 5) is 150. The number of anilines is 1. The number of hydrogen-bond acceptors (Lipinski definition) is 37. The highest BCUT2D eigenvalue weighted by Crippen LogP contribution is 2.19. The molecule has 48 heteroatoms. The second-order valence-corrected chi connectivity index (χ2v) is 30.8. The molecule has 1 aliphatic rings. The standard InChI is InChI=1S/C78H137N13O35/c1-44(2)64(77(122)87-50(14-10-25-82-78(79)123)74(119)83-46-17-15-45(39-92)16-18-46)88-60(106)20-19-59(105)81-24-7-4-11-49(76(121)85-47(73(118)80-3)12-5-8-26-89(35-51(97)65(110)69(114)55(101)40-93)36-52(98)66(111)70(115)56(102)41-94)86-75(120)48(84-61(107)23-29-124-31-33-126-34-32-125-30-28-91-62(108)21-22-63(91)109)13-6-9-27-90(37-53(99)67(112)71(116)57(103)42-95)38-54(100)68(113)72(117)58(104)43-96/h15-18,21-22,44,47-58,64-72,92-104,110-117H,4-14,19-20,23-43H2,1-3H3,(H,80,118)(H,81,105)(H,83,119)(H,84,107)(H,85,121)(H,86,120)(H,87,122)(H,88,106)(H3,79,82,123)/t47-,48-,49-,50-,51-,52-,53-,54-,55+,56+,57+,58+,64-,65+,66+,67+,68+,69+,70+,71+,72+/m0/s1. The lowest BCUT2D eigenvalue weighted by atomic mass is 10.0. The van der Waals surface area contributed by atoms with Crippen LogP contribution in [0.1, 0.15) is 109 Å². The number of amides is 12. The molecule has 724 valence electrons. The summed E-state index contributed by atoms with van der Waals surface area (Å²) in [6.07, 6.45) is -32.3. The van der Waals surface area contributed by atoms with Crippen molar-refractivity contribution in [2.45, 2.75) is 238 Å². The highest BCUT2D eigenvalue weighted by atomic mass is 16.5. The van der Waals surface area contributed by atoms with E-state index in [-0.39, 0.29) is 150 Å². The molecule has 0 radical (unpaired) electrons. The molecule has 1 aliphatic heterocycles. The van der Waals surface area contributed by atoms with E-state index >= 15 is 0 Å². The predicted octanol–water partition coefficient (Wildman–Crippen LogP) is -13.5. The van der Waals surface area contributed by atoms with Crippen LogP contribution in [0, 0.1) is 5.92 Å². The van der Waals surface area contributed by atoms with Gasteiger partial charge in [0, 0.05) is 83.4 Å². The number of rotatable bonds is 71. The van der Waals surface area contributed by atoms with Crippen LogP contribution in [0.5, 0.6) is 0 Å². The molecule has 0 unspecified atom stereocenters. The number of imide groups is 1. The van der Waals surface area contributed by atoms with Crippen LogP contribution in [-0.4, -0.2) is 447 Å². The fourth-order valence-corrected chi connectivity index (χ4v) is 12.7. The first-order chi connectivity index (χ1) is 59.7. The number of nitrogens with zero attached hydrogens (tertiary/aromatic N) is 3. The molecule has 1 aromatic rings. The number of benzene rings is 1. The Morgan fingerprint density at radius 3 is 1.17 bits per heavy atom. The molecule has 32 N–H and O–H groups in total. The van der Waals surface area contributed by atoms with Gasteiger partial charge in [0.15, 0.2) is 0 Å². The Balaban J connectivity index is 2.57. The lowest BCUT2D eigenvalue weighted by molar-refractivity contribution is -0.138. The van der Waals surface area contributed by atoms with Gasteiger partial charge in [-0.3, -0.25) is 62.6 Å². The molecule has 2 rings (SSSR count). The number of ether oxygens (including phenoxy) is 3. The quantitative estimate of drug-likeness (QED) is 0.0213. The summed E-state index contributed by atoms with van der Waals surface area (Å²) in [5.41, 5.74) is 6.09. The van der Waals surface area contributed by atoms with E-state index in [1.54, 1.807) is 26.0 Å². The largest absolute Gasteiger partial charge is 0.394 e. The van der Waals surface area contributed by atoms with Crippen LogP contribution >= 0.6 is 0 Å². The number of nitrogens with two attached hydrogens (primary N) is 1. The summed E-state index contributed by atoms with van der Waals surface area (Å²) < 4.78 is 16.5. The maximum absolute atomic E-state index is 14.9. The van der Waals surface area contributed by atoms with Gasteiger partial charge in [0.2, 0.25) is 47.3 Å². The Hall–Kier alpha value is -7.91. The normalized spacial score (nSPS) is 17.4. The molecule has 0 fully saturated rings. The number of nitrogens with one attached hydrogen (secondary N) is 9. The molecular weight excluding hydrogens is 1680 g/mol. The highest BCUT2D eigenvalue weighted by molar-refractivity contribution is 6.12. The van der Waals surface area contributed by atoms with Crippen molar-refractivity contribution in [3.63, 3.8) is 0 Å². The number of aliphatic hydroxyl groups is 21. The van der Waals surface area contributed by atoms with E-state index in [2.05, 4.69) is 47.9 Å². The molecule has 0 aliphatic carbocycles. The van der Waals surface area contributed by atoms with Crippen molar-refractivity contribution in [1.82, 2.24) is 57.2 Å². The number of urea groups is 1. The molecule has 0 saturated heterocycles. The summed E-state index contributed by atoms with van der Waals surface area (Å²) >= 11 is 0. The van der Waals surface area contributed by atoms with Gasteiger partial charge in [-0.05, 0) is 107 Å². The van der Waals surface area contributed by atoms with Crippen LogP contribution < -0.4 is 53.6 Å². The van der Waals surface area contributed by atoms with Crippen LogP contribution in [-0.2, 0) is 68.8 Å². The lowest BCUT2D eigenvalue weighted by Gasteiger charge is -2.33. The van der Waals surface area contributed by atoms with Crippen molar-refractivity contribution in [2.24, 2.45) is 11.7 Å². The number of likely N-dealkylation sites (N-methyl/N-ethyl adjacent to an activating group) is 1. The first-order valence-corrected chi connectivity index (χ1v) is 41.8. The minimum absolute atomic E-state index is 0.00625. The van der Waals surface area contributed by atoms with E-state index in [1.165, 1.54) is 29.0 Å². The van der Waals surface area contributed by atoms with Gasteiger partial charge < -0.3 is 175 Å². The van der Waals surface area contributed by atoms with Gasteiger partial charge in [0.05, 0.1) is 104 Å². The predicted molar refractivity (Wildman–Crippen MR) is 440 cm³/mol. The van der Waals surface area contributed by atoms with Crippen LogP contribution in [0.2, 0.25) is 0 Å². The zero-order chi connectivity index (χ0) is 94.7. The van der Waals surface area contributed by atoms with Crippen molar-refractivity contribution in [2.75, 3.05) is 137 Å². The van der Waals surface area contributed by atoms with E-state index in [4.69, 9.17) is 19.9 Å². The number of primary amides is 1. The lowest BCUT2D eigenvalue weighted by Crippen LogP contribution is -2.56. The average molecular weight is 1820 g/mol.